The number of ether oxygens (including phenoxy) is 1. The Hall–Kier alpha value is -1.51. The van der Waals surface area contributed by atoms with Crippen LogP contribution in [0.1, 0.15) is 26.3 Å². The number of benzene rings is 1. The third-order valence-corrected chi connectivity index (χ3v) is 1.99. The highest BCUT2D eigenvalue weighted by Crippen LogP contribution is 2.25. The quantitative estimate of drug-likeness (QED) is 0.716. The predicted molar refractivity (Wildman–Crippen MR) is 59.1 cm³/mol. The van der Waals surface area contributed by atoms with E-state index in [1.165, 1.54) is 0 Å². The number of fused-ring (bicyclic) bond motifs is 1. The number of aromatic nitrogens is 1. The number of para-hydroxylation sites is 1. The van der Waals surface area contributed by atoms with Crippen molar-refractivity contribution < 1.29 is 9.15 Å². The van der Waals surface area contributed by atoms with Crippen LogP contribution in [0.3, 0.4) is 0 Å². The maximum atomic E-state index is 5.56. The lowest BCUT2D eigenvalue weighted by molar-refractivity contribution is 0.0900. The first-order valence-electron chi connectivity index (χ1n) is 5.01. The second-order valence-corrected chi connectivity index (χ2v) is 4.62. The Bertz CT molecular complexity index is 480. The summed E-state index contributed by atoms with van der Waals surface area (Å²) in [4.78, 5) is 4.27. The molecule has 0 atom stereocenters. The van der Waals surface area contributed by atoms with E-state index in [0.29, 0.717) is 6.08 Å². The number of aryl methyl sites for hydroxylation is 1. The molecule has 2 rings (SSSR count). The van der Waals surface area contributed by atoms with Crippen molar-refractivity contribution in [2.24, 2.45) is 0 Å². The fourth-order valence-corrected chi connectivity index (χ4v) is 1.37. The molecule has 0 aliphatic rings. The molecule has 3 nitrogen and oxygen atoms in total. The zero-order valence-electron chi connectivity index (χ0n) is 9.50. The molecule has 0 N–H and O–H groups in total. The maximum absolute atomic E-state index is 5.56. The van der Waals surface area contributed by atoms with Crippen LogP contribution in [-0.2, 0) is 0 Å². The second kappa shape index (κ2) is 3.26. The van der Waals surface area contributed by atoms with Crippen molar-refractivity contribution in [3.63, 3.8) is 0 Å². The van der Waals surface area contributed by atoms with Crippen molar-refractivity contribution >= 4 is 11.1 Å². The molecule has 0 radical (unpaired) electrons. The van der Waals surface area contributed by atoms with Gasteiger partial charge in [0, 0.05) is 0 Å². The molecular formula is C12H15NO2. The van der Waals surface area contributed by atoms with Gasteiger partial charge in [0.1, 0.15) is 11.1 Å². The largest absolute Gasteiger partial charge is 0.444 e. The summed E-state index contributed by atoms with van der Waals surface area (Å²) >= 11 is 0. The van der Waals surface area contributed by atoms with E-state index >= 15 is 0 Å². The molecule has 0 bridgehead atoms. The fourth-order valence-electron chi connectivity index (χ4n) is 1.37. The Morgan fingerprint density at radius 3 is 2.60 bits per heavy atom. The van der Waals surface area contributed by atoms with Crippen LogP contribution in [0.15, 0.2) is 22.6 Å². The second-order valence-electron chi connectivity index (χ2n) is 4.62. The number of rotatable bonds is 1. The molecule has 0 saturated heterocycles. The molecule has 0 fully saturated rings. The van der Waals surface area contributed by atoms with E-state index in [-0.39, 0.29) is 5.60 Å². The predicted octanol–water partition coefficient (Wildman–Crippen LogP) is 3.31. The monoisotopic (exact) mass is 205 g/mol. The molecule has 0 aliphatic carbocycles. The molecule has 0 spiro atoms. The van der Waals surface area contributed by atoms with Crippen LogP contribution in [0.25, 0.3) is 11.1 Å². The summed E-state index contributed by atoms with van der Waals surface area (Å²) in [5.41, 5.74) is 2.43. The van der Waals surface area contributed by atoms with E-state index in [1.54, 1.807) is 0 Å². The van der Waals surface area contributed by atoms with Crippen molar-refractivity contribution in [3.8, 4) is 6.08 Å². The lowest BCUT2D eigenvalue weighted by Crippen LogP contribution is -2.23. The molecule has 0 aliphatic heterocycles. The average molecular weight is 205 g/mol. The minimum Gasteiger partial charge on any atom is -0.444 e. The number of hydrogen-bond acceptors (Lipinski definition) is 3. The zero-order chi connectivity index (χ0) is 11.1. The minimum absolute atomic E-state index is 0.283. The first-order valence-corrected chi connectivity index (χ1v) is 5.01. The van der Waals surface area contributed by atoms with Crippen LogP contribution in [0, 0.1) is 6.92 Å². The van der Waals surface area contributed by atoms with Crippen LogP contribution in [0.4, 0.5) is 0 Å². The van der Waals surface area contributed by atoms with Gasteiger partial charge < -0.3 is 9.15 Å². The van der Waals surface area contributed by atoms with Crippen molar-refractivity contribution in [1.82, 2.24) is 4.98 Å². The molecule has 2 aromatic rings. The third-order valence-electron chi connectivity index (χ3n) is 1.99. The highest BCUT2D eigenvalue weighted by molar-refractivity contribution is 5.76. The Balaban J connectivity index is 2.44. The van der Waals surface area contributed by atoms with E-state index in [2.05, 4.69) is 4.98 Å². The van der Waals surface area contributed by atoms with Gasteiger partial charge in [0.15, 0.2) is 5.58 Å². The van der Waals surface area contributed by atoms with E-state index in [0.717, 1.165) is 16.7 Å². The van der Waals surface area contributed by atoms with E-state index < -0.39 is 0 Å². The Morgan fingerprint density at radius 2 is 2.00 bits per heavy atom. The Morgan fingerprint density at radius 1 is 1.27 bits per heavy atom. The normalized spacial score (nSPS) is 12.0. The van der Waals surface area contributed by atoms with Crippen molar-refractivity contribution in [3.05, 3.63) is 23.8 Å². The van der Waals surface area contributed by atoms with Gasteiger partial charge in [-0.25, -0.2) is 0 Å². The van der Waals surface area contributed by atoms with Gasteiger partial charge in [0.05, 0.1) is 0 Å². The Kier molecular flexibility index (Phi) is 2.18. The van der Waals surface area contributed by atoms with E-state index in [4.69, 9.17) is 9.15 Å². The molecule has 0 saturated carbocycles. The lowest BCUT2D eigenvalue weighted by Gasteiger charge is -2.17. The van der Waals surface area contributed by atoms with Crippen LogP contribution in [0.5, 0.6) is 6.08 Å². The highest BCUT2D eigenvalue weighted by atomic mass is 16.6. The van der Waals surface area contributed by atoms with Crippen LogP contribution < -0.4 is 4.74 Å². The van der Waals surface area contributed by atoms with Crippen LogP contribution in [0.2, 0.25) is 0 Å². The van der Waals surface area contributed by atoms with E-state index in [9.17, 15) is 0 Å². The number of oxazole rings is 1. The van der Waals surface area contributed by atoms with Gasteiger partial charge >= 0.3 is 6.08 Å². The summed E-state index contributed by atoms with van der Waals surface area (Å²) in [6, 6.07) is 5.87. The van der Waals surface area contributed by atoms with Gasteiger partial charge in [0.2, 0.25) is 0 Å². The van der Waals surface area contributed by atoms with Crippen LogP contribution >= 0.6 is 0 Å². The summed E-state index contributed by atoms with van der Waals surface area (Å²) in [6.45, 7) is 7.90. The number of nitrogens with zero attached hydrogens (tertiary/aromatic N) is 1. The van der Waals surface area contributed by atoms with Gasteiger partial charge in [-0.3, -0.25) is 0 Å². The first kappa shape index (κ1) is 10.0. The molecule has 0 unspecified atom stereocenters. The molecule has 1 heterocycles. The summed E-state index contributed by atoms with van der Waals surface area (Å²) in [5.74, 6) is 0. The fraction of sp³-hybridized carbons (Fsp3) is 0.417. The Labute approximate surface area is 89.1 Å². The SMILES string of the molecule is Cc1cccc2nc(OC(C)(C)C)oc12. The van der Waals surface area contributed by atoms with E-state index in [1.807, 2.05) is 45.9 Å². The van der Waals surface area contributed by atoms with Gasteiger partial charge in [-0.05, 0) is 39.3 Å². The van der Waals surface area contributed by atoms with Gasteiger partial charge in [-0.15, -0.1) is 0 Å². The molecule has 0 amide bonds. The van der Waals surface area contributed by atoms with Gasteiger partial charge in [-0.1, -0.05) is 12.1 Å². The maximum Gasteiger partial charge on any atom is 0.395 e. The number of hydrogen-bond donors (Lipinski definition) is 0. The molecule has 1 aromatic heterocycles. The summed E-state index contributed by atoms with van der Waals surface area (Å²) < 4.78 is 11.1. The summed E-state index contributed by atoms with van der Waals surface area (Å²) in [5, 5.41) is 0. The summed E-state index contributed by atoms with van der Waals surface area (Å²) in [6.07, 6.45) is 0.340. The summed E-state index contributed by atoms with van der Waals surface area (Å²) in [7, 11) is 0. The molecule has 3 heteroatoms. The molecule has 1 aromatic carbocycles. The van der Waals surface area contributed by atoms with Crippen molar-refractivity contribution in [1.29, 1.82) is 0 Å². The molecule has 80 valence electrons. The third kappa shape index (κ3) is 2.12. The zero-order valence-corrected chi connectivity index (χ0v) is 9.50. The van der Waals surface area contributed by atoms with Crippen LogP contribution in [-0.4, -0.2) is 10.6 Å². The van der Waals surface area contributed by atoms with Crippen molar-refractivity contribution in [2.45, 2.75) is 33.3 Å². The van der Waals surface area contributed by atoms with Gasteiger partial charge in [0.25, 0.3) is 0 Å². The average Bonchev–Trinajstić information content (AvgIpc) is 2.45. The minimum atomic E-state index is -0.283. The van der Waals surface area contributed by atoms with Crippen molar-refractivity contribution in [2.75, 3.05) is 0 Å². The molecular weight excluding hydrogens is 190 g/mol. The topological polar surface area (TPSA) is 35.3 Å². The van der Waals surface area contributed by atoms with Gasteiger partial charge in [-0.2, -0.15) is 4.98 Å². The lowest BCUT2D eigenvalue weighted by atomic mass is 10.2. The smallest absolute Gasteiger partial charge is 0.395 e. The standard InChI is InChI=1S/C12H15NO2/c1-8-6-5-7-9-10(8)14-11(13-9)15-12(2,3)4/h5-7H,1-4H3. The highest BCUT2D eigenvalue weighted by Gasteiger charge is 2.16. The molecule has 15 heavy (non-hydrogen) atoms. The first-order chi connectivity index (χ1) is 6.96.